The van der Waals surface area contributed by atoms with E-state index in [9.17, 15) is 4.79 Å². The van der Waals surface area contributed by atoms with E-state index in [4.69, 9.17) is 9.84 Å². The Labute approximate surface area is 118 Å². The van der Waals surface area contributed by atoms with E-state index in [0.717, 1.165) is 11.1 Å². The molecular formula is C17H18O3. The van der Waals surface area contributed by atoms with Crippen molar-refractivity contribution in [3.05, 3.63) is 54.6 Å². The first-order valence-corrected chi connectivity index (χ1v) is 6.70. The monoisotopic (exact) mass is 270 g/mol. The molecule has 0 atom stereocenters. The summed E-state index contributed by atoms with van der Waals surface area (Å²) in [6.07, 6.45) is 0.855. The summed E-state index contributed by atoms with van der Waals surface area (Å²) in [7, 11) is 0. The molecule has 0 amide bonds. The quantitative estimate of drug-likeness (QED) is 0.841. The number of aliphatic hydroxyl groups excluding tert-OH is 1. The number of aliphatic hydroxyl groups is 1. The van der Waals surface area contributed by atoms with Gasteiger partial charge in [0.15, 0.2) is 5.78 Å². The van der Waals surface area contributed by atoms with Crippen molar-refractivity contribution in [3.8, 4) is 16.9 Å². The van der Waals surface area contributed by atoms with Gasteiger partial charge >= 0.3 is 0 Å². The Morgan fingerprint density at radius 3 is 2.25 bits per heavy atom. The van der Waals surface area contributed by atoms with E-state index in [1.807, 2.05) is 54.6 Å². The average molecular weight is 270 g/mol. The zero-order valence-corrected chi connectivity index (χ0v) is 11.3. The second-order valence-electron chi connectivity index (χ2n) is 4.54. The molecule has 0 aromatic heterocycles. The molecule has 2 aromatic carbocycles. The van der Waals surface area contributed by atoms with Gasteiger partial charge in [-0.2, -0.15) is 0 Å². The van der Waals surface area contributed by atoms with E-state index in [2.05, 4.69) is 0 Å². The highest BCUT2D eigenvalue weighted by molar-refractivity contribution is 5.79. The van der Waals surface area contributed by atoms with Crippen molar-refractivity contribution in [2.75, 3.05) is 13.2 Å². The van der Waals surface area contributed by atoms with Crippen LogP contribution in [0, 0.1) is 0 Å². The third-order valence-corrected chi connectivity index (χ3v) is 2.97. The minimum Gasteiger partial charge on any atom is -0.486 e. The molecule has 3 heteroatoms. The van der Waals surface area contributed by atoms with Gasteiger partial charge in [-0.3, -0.25) is 4.79 Å². The lowest BCUT2D eigenvalue weighted by molar-refractivity contribution is -0.121. The maximum atomic E-state index is 11.4. The van der Waals surface area contributed by atoms with Crippen LogP contribution in [-0.2, 0) is 4.79 Å². The number of ether oxygens (including phenoxy) is 1. The Balaban J connectivity index is 1.90. The number of hydrogen-bond acceptors (Lipinski definition) is 3. The van der Waals surface area contributed by atoms with Crippen molar-refractivity contribution < 1.29 is 14.6 Å². The predicted octanol–water partition coefficient (Wildman–Crippen LogP) is 3.07. The molecule has 0 fully saturated rings. The summed E-state index contributed by atoms with van der Waals surface area (Å²) in [5, 5.41) is 8.65. The minimum atomic E-state index is 0.00573. The molecule has 1 N–H and O–H groups in total. The standard InChI is InChI=1S/C17H18O3/c18-12-4-7-16(19)13-20-17-10-8-15(9-11-17)14-5-2-1-3-6-14/h1-3,5-6,8-11,18H,4,7,12-13H2. The molecular weight excluding hydrogens is 252 g/mol. The predicted molar refractivity (Wildman–Crippen MR) is 78.7 cm³/mol. The van der Waals surface area contributed by atoms with Crippen LogP contribution in [0.15, 0.2) is 54.6 Å². The third-order valence-electron chi connectivity index (χ3n) is 2.97. The topological polar surface area (TPSA) is 46.5 Å². The SMILES string of the molecule is O=C(CCCO)COc1ccc(-c2ccccc2)cc1. The fourth-order valence-electron chi connectivity index (χ4n) is 1.89. The lowest BCUT2D eigenvalue weighted by atomic mass is 10.1. The van der Waals surface area contributed by atoms with E-state index in [0.29, 0.717) is 18.6 Å². The summed E-state index contributed by atoms with van der Waals surface area (Å²) >= 11 is 0. The molecule has 2 aromatic rings. The first-order chi connectivity index (χ1) is 9.79. The fraction of sp³-hybridized carbons (Fsp3) is 0.235. The molecule has 0 spiro atoms. The normalized spacial score (nSPS) is 10.2. The zero-order valence-electron chi connectivity index (χ0n) is 11.3. The van der Waals surface area contributed by atoms with Crippen LogP contribution in [0.2, 0.25) is 0 Å². The van der Waals surface area contributed by atoms with Gasteiger partial charge in [-0.05, 0) is 29.7 Å². The largest absolute Gasteiger partial charge is 0.486 e. The molecule has 3 nitrogen and oxygen atoms in total. The Morgan fingerprint density at radius 1 is 0.950 bits per heavy atom. The van der Waals surface area contributed by atoms with E-state index in [1.165, 1.54) is 0 Å². The van der Waals surface area contributed by atoms with Crippen molar-refractivity contribution in [1.29, 1.82) is 0 Å². The van der Waals surface area contributed by atoms with Crippen LogP contribution < -0.4 is 4.74 Å². The summed E-state index contributed by atoms with van der Waals surface area (Å²) in [4.78, 5) is 11.4. The maximum absolute atomic E-state index is 11.4. The van der Waals surface area contributed by atoms with Crippen molar-refractivity contribution in [3.63, 3.8) is 0 Å². The highest BCUT2D eigenvalue weighted by Crippen LogP contribution is 2.21. The van der Waals surface area contributed by atoms with Gasteiger partial charge in [0, 0.05) is 13.0 Å². The molecule has 0 bridgehead atoms. The van der Waals surface area contributed by atoms with Gasteiger partial charge in [-0.1, -0.05) is 42.5 Å². The number of carbonyl (C=O) groups excluding carboxylic acids is 1. The highest BCUT2D eigenvalue weighted by atomic mass is 16.5. The number of benzene rings is 2. The molecule has 0 unspecified atom stereocenters. The highest BCUT2D eigenvalue weighted by Gasteiger charge is 2.03. The van der Waals surface area contributed by atoms with Crippen LogP contribution in [0.3, 0.4) is 0 Å². The Kier molecular flexibility index (Phi) is 5.33. The smallest absolute Gasteiger partial charge is 0.170 e. The molecule has 0 aliphatic carbocycles. The number of hydrogen-bond donors (Lipinski definition) is 1. The first-order valence-electron chi connectivity index (χ1n) is 6.70. The molecule has 0 heterocycles. The Morgan fingerprint density at radius 2 is 1.60 bits per heavy atom. The van der Waals surface area contributed by atoms with Gasteiger partial charge < -0.3 is 9.84 Å². The molecule has 0 aliphatic heterocycles. The van der Waals surface area contributed by atoms with Crippen LogP contribution >= 0.6 is 0 Å². The molecule has 0 radical (unpaired) electrons. The van der Waals surface area contributed by atoms with Gasteiger partial charge in [0.1, 0.15) is 12.4 Å². The van der Waals surface area contributed by atoms with Crippen molar-refractivity contribution in [2.24, 2.45) is 0 Å². The lowest BCUT2D eigenvalue weighted by Gasteiger charge is -2.06. The average Bonchev–Trinajstić information content (AvgIpc) is 2.52. The van der Waals surface area contributed by atoms with E-state index in [1.54, 1.807) is 0 Å². The van der Waals surface area contributed by atoms with Crippen LogP contribution in [0.1, 0.15) is 12.8 Å². The fourth-order valence-corrected chi connectivity index (χ4v) is 1.89. The molecule has 2 rings (SSSR count). The van der Waals surface area contributed by atoms with Crippen molar-refractivity contribution in [1.82, 2.24) is 0 Å². The molecule has 104 valence electrons. The van der Waals surface area contributed by atoms with Crippen LogP contribution in [0.5, 0.6) is 5.75 Å². The van der Waals surface area contributed by atoms with Gasteiger partial charge in [0.25, 0.3) is 0 Å². The van der Waals surface area contributed by atoms with Crippen LogP contribution in [-0.4, -0.2) is 24.1 Å². The first kappa shape index (κ1) is 14.3. The van der Waals surface area contributed by atoms with Gasteiger partial charge in [-0.25, -0.2) is 0 Å². The van der Waals surface area contributed by atoms with Gasteiger partial charge in [0.2, 0.25) is 0 Å². The van der Waals surface area contributed by atoms with Gasteiger partial charge in [-0.15, -0.1) is 0 Å². The number of carbonyl (C=O) groups is 1. The maximum Gasteiger partial charge on any atom is 0.170 e. The zero-order chi connectivity index (χ0) is 14.2. The van der Waals surface area contributed by atoms with E-state index in [-0.39, 0.29) is 19.0 Å². The Hall–Kier alpha value is -2.13. The summed E-state index contributed by atoms with van der Waals surface area (Å²) in [6.45, 7) is 0.0994. The number of Topliss-reactive ketones (excluding diaryl/α,β-unsaturated/α-hetero) is 1. The molecule has 0 saturated heterocycles. The molecule has 20 heavy (non-hydrogen) atoms. The summed E-state index contributed by atoms with van der Waals surface area (Å²) < 4.78 is 5.42. The lowest BCUT2D eigenvalue weighted by Crippen LogP contribution is -2.11. The summed E-state index contributed by atoms with van der Waals surface area (Å²) in [6, 6.07) is 17.8. The van der Waals surface area contributed by atoms with Crippen LogP contribution in [0.25, 0.3) is 11.1 Å². The second-order valence-corrected chi connectivity index (χ2v) is 4.54. The molecule has 0 aliphatic rings. The minimum absolute atomic E-state index is 0.00573. The number of rotatable bonds is 7. The molecule has 0 saturated carbocycles. The van der Waals surface area contributed by atoms with Gasteiger partial charge in [0.05, 0.1) is 0 Å². The van der Waals surface area contributed by atoms with Crippen molar-refractivity contribution >= 4 is 5.78 Å². The Bertz CT molecular complexity index is 532. The number of ketones is 1. The third kappa shape index (κ3) is 4.21. The van der Waals surface area contributed by atoms with E-state index < -0.39 is 0 Å². The van der Waals surface area contributed by atoms with Crippen LogP contribution in [0.4, 0.5) is 0 Å². The summed E-state index contributed by atoms with van der Waals surface area (Å²) in [5.41, 5.74) is 2.27. The van der Waals surface area contributed by atoms with E-state index >= 15 is 0 Å². The van der Waals surface area contributed by atoms with Crippen molar-refractivity contribution in [2.45, 2.75) is 12.8 Å². The second kappa shape index (κ2) is 7.46. The summed E-state index contributed by atoms with van der Waals surface area (Å²) in [5.74, 6) is 0.688.